The summed E-state index contributed by atoms with van der Waals surface area (Å²) in [5.74, 6) is 2.32. The van der Waals surface area contributed by atoms with Crippen molar-refractivity contribution in [2.75, 3.05) is 20.8 Å². The number of nitrogens with zero attached hydrogens (tertiary/aromatic N) is 3. The topological polar surface area (TPSA) is 77.7 Å². The molecule has 0 radical (unpaired) electrons. The Labute approximate surface area is 162 Å². The molecule has 3 aromatic rings. The highest BCUT2D eigenvalue weighted by molar-refractivity contribution is 5.79. The van der Waals surface area contributed by atoms with E-state index >= 15 is 0 Å². The highest BCUT2D eigenvalue weighted by atomic mass is 16.5. The molecule has 7 heteroatoms. The lowest BCUT2D eigenvalue weighted by Crippen LogP contribution is -2.24. The number of hydrogen-bond donors (Lipinski definition) is 0. The van der Waals surface area contributed by atoms with E-state index in [1.54, 1.807) is 19.1 Å². The maximum atomic E-state index is 12.5. The van der Waals surface area contributed by atoms with Gasteiger partial charge in [0.25, 0.3) is 0 Å². The van der Waals surface area contributed by atoms with Crippen LogP contribution in [0.4, 0.5) is 0 Å². The summed E-state index contributed by atoms with van der Waals surface area (Å²) >= 11 is 0. The maximum absolute atomic E-state index is 12.5. The van der Waals surface area contributed by atoms with Gasteiger partial charge in [0, 0.05) is 25.1 Å². The number of carbonyl (C=O) groups is 1. The van der Waals surface area contributed by atoms with E-state index in [4.69, 9.17) is 14.0 Å². The smallest absolute Gasteiger partial charge is 0.232 e. The summed E-state index contributed by atoms with van der Waals surface area (Å²) in [4.78, 5) is 18.8. The molecule has 0 bridgehead atoms. The first-order valence-electron chi connectivity index (χ1n) is 9.06. The molecule has 0 aliphatic carbocycles. The number of methoxy groups -OCH3 is 2. The number of benzene rings is 2. The standard InChI is InChI=1S/C21H21N3O4/c1-26-17-9-5-3-7-14(17)12-24-13-15(11-19(24)25)21-22-20(23-28-21)16-8-4-6-10-18(16)27-2/h3-10,15H,11-13H2,1-2H3. The molecular weight excluding hydrogens is 358 g/mol. The Morgan fingerprint density at radius 1 is 1.07 bits per heavy atom. The Kier molecular flexibility index (Phi) is 4.97. The van der Waals surface area contributed by atoms with Crippen molar-refractivity contribution in [3.63, 3.8) is 0 Å². The predicted octanol–water partition coefficient (Wildman–Crippen LogP) is 3.27. The first-order chi connectivity index (χ1) is 13.7. The molecule has 0 saturated carbocycles. The fourth-order valence-corrected chi connectivity index (χ4v) is 3.47. The summed E-state index contributed by atoms with van der Waals surface area (Å²) in [6.07, 6.45) is 0.350. The minimum absolute atomic E-state index is 0.0629. The third kappa shape index (κ3) is 3.43. The van der Waals surface area contributed by atoms with E-state index in [2.05, 4.69) is 10.1 Å². The third-order valence-corrected chi connectivity index (χ3v) is 4.91. The minimum Gasteiger partial charge on any atom is -0.496 e. The molecule has 1 aliphatic rings. The van der Waals surface area contributed by atoms with E-state index in [9.17, 15) is 4.79 Å². The van der Waals surface area contributed by atoms with Gasteiger partial charge in [0.2, 0.25) is 17.6 Å². The third-order valence-electron chi connectivity index (χ3n) is 4.91. The van der Waals surface area contributed by atoms with Crippen molar-refractivity contribution in [1.82, 2.24) is 15.0 Å². The first-order valence-corrected chi connectivity index (χ1v) is 9.06. The highest BCUT2D eigenvalue weighted by Crippen LogP contribution is 2.32. The Morgan fingerprint density at radius 2 is 1.79 bits per heavy atom. The molecule has 1 fully saturated rings. The van der Waals surface area contributed by atoms with Crippen LogP contribution in [0.2, 0.25) is 0 Å². The fourth-order valence-electron chi connectivity index (χ4n) is 3.47. The van der Waals surface area contributed by atoms with Crippen molar-refractivity contribution in [3.8, 4) is 22.9 Å². The number of aromatic nitrogens is 2. The molecule has 7 nitrogen and oxygen atoms in total. The van der Waals surface area contributed by atoms with Gasteiger partial charge in [-0.05, 0) is 18.2 Å². The van der Waals surface area contributed by atoms with Gasteiger partial charge >= 0.3 is 0 Å². The molecule has 4 rings (SSSR count). The zero-order valence-electron chi connectivity index (χ0n) is 15.8. The van der Waals surface area contributed by atoms with Crippen LogP contribution in [0.5, 0.6) is 11.5 Å². The number of carbonyl (C=O) groups excluding carboxylic acids is 1. The number of para-hydroxylation sites is 2. The molecule has 0 spiro atoms. The average Bonchev–Trinajstić information content (AvgIpc) is 3.35. The van der Waals surface area contributed by atoms with Crippen LogP contribution in [0.15, 0.2) is 53.1 Å². The molecule has 144 valence electrons. The van der Waals surface area contributed by atoms with Crippen LogP contribution in [-0.4, -0.2) is 41.7 Å². The van der Waals surface area contributed by atoms with Crippen LogP contribution in [0.25, 0.3) is 11.4 Å². The van der Waals surface area contributed by atoms with Gasteiger partial charge in [0.1, 0.15) is 11.5 Å². The lowest BCUT2D eigenvalue weighted by atomic mass is 10.1. The van der Waals surface area contributed by atoms with Gasteiger partial charge in [-0.1, -0.05) is 35.5 Å². The monoisotopic (exact) mass is 379 g/mol. The zero-order chi connectivity index (χ0) is 19.5. The van der Waals surface area contributed by atoms with Gasteiger partial charge in [-0.25, -0.2) is 0 Å². The molecule has 2 aromatic carbocycles. The predicted molar refractivity (Wildman–Crippen MR) is 102 cm³/mol. The molecule has 1 saturated heterocycles. The number of likely N-dealkylation sites (tertiary alicyclic amines) is 1. The molecule has 1 atom stereocenters. The normalized spacial score (nSPS) is 16.4. The van der Waals surface area contributed by atoms with E-state index < -0.39 is 0 Å². The van der Waals surface area contributed by atoms with Gasteiger partial charge < -0.3 is 18.9 Å². The van der Waals surface area contributed by atoms with Gasteiger partial charge in [-0.2, -0.15) is 4.98 Å². The van der Waals surface area contributed by atoms with Crippen LogP contribution in [-0.2, 0) is 11.3 Å². The highest BCUT2D eigenvalue weighted by Gasteiger charge is 2.34. The van der Waals surface area contributed by atoms with Crippen LogP contribution >= 0.6 is 0 Å². The Hall–Kier alpha value is -3.35. The van der Waals surface area contributed by atoms with Gasteiger partial charge in [-0.3, -0.25) is 4.79 Å². The maximum Gasteiger partial charge on any atom is 0.232 e. The summed E-state index contributed by atoms with van der Waals surface area (Å²) in [5.41, 5.74) is 1.73. The van der Waals surface area contributed by atoms with Crippen molar-refractivity contribution < 1.29 is 18.8 Å². The molecule has 28 heavy (non-hydrogen) atoms. The van der Waals surface area contributed by atoms with E-state index in [1.807, 2.05) is 48.5 Å². The summed E-state index contributed by atoms with van der Waals surface area (Å²) in [7, 11) is 3.23. The molecule has 0 N–H and O–H groups in total. The molecule has 1 aromatic heterocycles. The number of hydrogen-bond acceptors (Lipinski definition) is 6. The second-order valence-electron chi connectivity index (χ2n) is 6.64. The summed E-state index contributed by atoms with van der Waals surface area (Å²) in [5, 5.41) is 4.09. The van der Waals surface area contributed by atoms with Crippen LogP contribution in [0.1, 0.15) is 23.8 Å². The Morgan fingerprint density at radius 3 is 2.57 bits per heavy atom. The average molecular weight is 379 g/mol. The quantitative estimate of drug-likeness (QED) is 0.654. The van der Waals surface area contributed by atoms with Crippen LogP contribution in [0.3, 0.4) is 0 Å². The molecule has 1 amide bonds. The lowest BCUT2D eigenvalue weighted by Gasteiger charge is -2.17. The van der Waals surface area contributed by atoms with Crippen molar-refractivity contribution in [2.24, 2.45) is 0 Å². The van der Waals surface area contributed by atoms with Gasteiger partial charge in [0.15, 0.2) is 0 Å². The fraction of sp³-hybridized carbons (Fsp3) is 0.286. The van der Waals surface area contributed by atoms with E-state index in [0.29, 0.717) is 37.0 Å². The van der Waals surface area contributed by atoms with Crippen LogP contribution in [0, 0.1) is 0 Å². The molecular formula is C21H21N3O4. The van der Waals surface area contributed by atoms with Crippen molar-refractivity contribution in [2.45, 2.75) is 18.9 Å². The second-order valence-corrected chi connectivity index (χ2v) is 6.64. The van der Waals surface area contributed by atoms with Gasteiger partial charge in [-0.15, -0.1) is 0 Å². The van der Waals surface area contributed by atoms with Gasteiger partial charge in [0.05, 0.1) is 25.7 Å². The Balaban J connectivity index is 1.51. The zero-order valence-corrected chi connectivity index (χ0v) is 15.8. The summed E-state index contributed by atoms with van der Waals surface area (Å²) < 4.78 is 16.2. The number of amides is 1. The van der Waals surface area contributed by atoms with E-state index in [0.717, 1.165) is 16.9 Å². The van der Waals surface area contributed by atoms with Crippen molar-refractivity contribution in [1.29, 1.82) is 0 Å². The SMILES string of the molecule is COc1ccccc1CN1CC(c2nc(-c3ccccc3OC)no2)CC1=O. The molecule has 2 heterocycles. The summed E-state index contributed by atoms with van der Waals surface area (Å²) in [6.45, 7) is 1.03. The largest absolute Gasteiger partial charge is 0.496 e. The molecule has 1 unspecified atom stereocenters. The first kappa shape index (κ1) is 18.0. The van der Waals surface area contributed by atoms with Crippen molar-refractivity contribution in [3.05, 3.63) is 60.0 Å². The van der Waals surface area contributed by atoms with E-state index in [1.165, 1.54) is 0 Å². The minimum atomic E-state index is -0.127. The number of ether oxygens (including phenoxy) is 2. The van der Waals surface area contributed by atoms with Crippen molar-refractivity contribution >= 4 is 5.91 Å². The van der Waals surface area contributed by atoms with Crippen LogP contribution < -0.4 is 9.47 Å². The molecule has 1 aliphatic heterocycles. The number of rotatable bonds is 6. The second kappa shape index (κ2) is 7.72. The van der Waals surface area contributed by atoms with E-state index in [-0.39, 0.29) is 11.8 Å². The summed E-state index contributed by atoms with van der Waals surface area (Å²) in [6, 6.07) is 15.2. The lowest BCUT2D eigenvalue weighted by molar-refractivity contribution is -0.128. The Bertz CT molecular complexity index is 985.